The van der Waals surface area contributed by atoms with Crippen LogP contribution >= 0.6 is 31.9 Å². The largest absolute Gasteiger partial charge is 0.477 e. The van der Waals surface area contributed by atoms with E-state index in [0.29, 0.717) is 47.8 Å². The summed E-state index contributed by atoms with van der Waals surface area (Å²) in [5, 5.41) is 14.9. The number of fused-ring (bicyclic) bond motifs is 8. The van der Waals surface area contributed by atoms with E-state index in [4.69, 9.17) is 5.73 Å². The zero-order valence-corrected chi connectivity index (χ0v) is 35.4. The van der Waals surface area contributed by atoms with Crippen molar-refractivity contribution in [1.82, 2.24) is 19.9 Å². The number of hydrogen-bond donors (Lipinski definition) is 4. The molecule has 4 aromatic heterocycles. The molecule has 8 heterocycles. The van der Waals surface area contributed by atoms with Gasteiger partial charge in [0.2, 0.25) is 0 Å². The lowest BCUT2D eigenvalue weighted by Gasteiger charge is -2.35. The van der Waals surface area contributed by atoms with E-state index in [9.17, 15) is 24.3 Å². The van der Waals surface area contributed by atoms with Crippen LogP contribution in [0.25, 0.3) is 0 Å². The van der Waals surface area contributed by atoms with E-state index in [1.54, 1.807) is 52.5 Å². The molecule has 59 heavy (non-hydrogen) atoms. The van der Waals surface area contributed by atoms with Crippen molar-refractivity contribution < 1.29 is 24.3 Å². The Bertz CT molecular complexity index is 2260. The number of hydrogen-bond acceptors (Lipinski definition) is 11. The van der Waals surface area contributed by atoms with Crippen molar-refractivity contribution in [2.45, 2.75) is 63.5 Å². The van der Waals surface area contributed by atoms with E-state index in [1.807, 2.05) is 12.1 Å². The molecule has 308 valence electrons. The van der Waals surface area contributed by atoms with Gasteiger partial charge in [0, 0.05) is 53.9 Å². The third kappa shape index (κ3) is 9.49. The van der Waals surface area contributed by atoms with Gasteiger partial charge >= 0.3 is 18.0 Å². The molecule has 0 spiro atoms. The number of ketones is 1. The molecule has 4 fully saturated rings. The summed E-state index contributed by atoms with van der Waals surface area (Å²) in [4.78, 5) is 74.7. The first-order valence-electron chi connectivity index (χ1n) is 20.0. The summed E-state index contributed by atoms with van der Waals surface area (Å²) in [5.41, 5.74) is 7.29. The number of carbonyl (C=O) groups excluding carboxylic acids is 3. The van der Waals surface area contributed by atoms with Crippen molar-refractivity contribution in [3.63, 3.8) is 0 Å². The Balaban J connectivity index is 0.000000148. The number of carboxylic acid groups (broad SMARTS) is 1. The monoisotopic (exact) mass is 929 g/mol. The highest BCUT2D eigenvalue weighted by molar-refractivity contribution is 9.10. The number of nitrogens with one attached hydrogen (secondary N) is 2. The summed E-state index contributed by atoms with van der Waals surface area (Å²) in [5.74, 6) is 2.39. The molecule has 5 N–H and O–H groups in total. The molecule has 2 saturated carbocycles. The summed E-state index contributed by atoms with van der Waals surface area (Å²) >= 11 is 6.74. The first-order chi connectivity index (χ1) is 28.5. The van der Waals surface area contributed by atoms with E-state index in [2.05, 4.69) is 72.2 Å². The van der Waals surface area contributed by atoms with Gasteiger partial charge in [0.1, 0.15) is 17.3 Å². The predicted octanol–water partition coefficient (Wildman–Crippen LogP) is 7.17. The summed E-state index contributed by atoms with van der Waals surface area (Å²) < 4.78 is 1.64. The van der Waals surface area contributed by atoms with Crippen LogP contribution in [0.4, 0.5) is 44.2 Å². The Hall–Kier alpha value is -5.20. The fourth-order valence-electron chi connectivity index (χ4n) is 7.73. The zero-order chi connectivity index (χ0) is 41.2. The van der Waals surface area contributed by atoms with Crippen molar-refractivity contribution in [1.29, 1.82) is 0 Å². The third-order valence-corrected chi connectivity index (χ3v) is 12.3. The zero-order valence-electron chi connectivity index (χ0n) is 32.3. The Labute approximate surface area is 358 Å². The number of halogens is 2. The topological polar surface area (TPSA) is 203 Å². The summed E-state index contributed by atoms with van der Waals surface area (Å²) in [6, 6.07) is 13.3. The summed E-state index contributed by atoms with van der Waals surface area (Å²) in [7, 11) is 0. The van der Waals surface area contributed by atoms with Crippen LogP contribution < -0.4 is 36.0 Å². The number of pyridine rings is 4. The molecular weight excluding hydrogens is 886 g/mol. The molecule has 10 rings (SSSR count). The minimum absolute atomic E-state index is 0.0407. The molecule has 4 bridgehead atoms. The van der Waals surface area contributed by atoms with Gasteiger partial charge < -0.3 is 20.6 Å². The number of carboxylic acids is 1. The molecule has 0 radical (unpaired) electrons. The second-order valence-electron chi connectivity index (χ2n) is 15.6. The molecule has 0 aromatic carbocycles. The molecule has 2 atom stereocenters. The molecule has 18 heteroatoms. The van der Waals surface area contributed by atoms with Gasteiger partial charge in [-0.05, 0) is 99.0 Å². The van der Waals surface area contributed by atoms with E-state index in [0.717, 1.165) is 71.7 Å². The number of nitrogens with zero attached hydrogens (tertiary/aromatic N) is 8. The number of nitrogens with two attached hydrogens (primary N) is 1. The highest BCUT2D eigenvalue weighted by Gasteiger charge is 2.42. The lowest BCUT2D eigenvalue weighted by atomic mass is 10.1. The second-order valence-corrected chi connectivity index (χ2v) is 17.4. The Morgan fingerprint density at radius 2 is 1.19 bits per heavy atom. The number of rotatable bonds is 8. The van der Waals surface area contributed by atoms with Crippen LogP contribution in [0.2, 0.25) is 0 Å². The minimum atomic E-state index is -1.12. The number of aromatic carboxylic acids is 1. The highest BCUT2D eigenvalue weighted by atomic mass is 79.9. The number of anilines is 6. The van der Waals surface area contributed by atoms with Gasteiger partial charge in [0.05, 0.1) is 23.5 Å². The fraction of sp³-hybridized carbons (Fsp3) is 0.415. The maximum absolute atomic E-state index is 13.1. The van der Waals surface area contributed by atoms with Crippen LogP contribution in [0.15, 0.2) is 69.9 Å². The van der Waals surface area contributed by atoms with Crippen molar-refractivity contribution in [2.24, 2.45) is 17.6 Å². The quantitative estimate of drug-likeness (QED) is 0.130. The lowest BCUT2D eigenvalue weighted by Crippen LogP contribution is -2.48. The number of amides is 4. The van der Waals surface area contributed by atoms with Gasteiger partial charge in [0.15, 0.2) is 23.1 Å². The lowest BCUT2D eigenvalue weighted by molar-refractivity contribution is 0.0690. The van der Waals surface area contributed by atoms with Crippen LogP contribution in [0, 0.1) is 11.8 Å². The smallest absolute Gasteiger partial charge is 0.354 e. The fourth-order valence-corrected chi connectivity index (χ4v) is 8.40. The van der Waals surface area contributed by atoms with Gasteiger partial charge in [-0.15, -0.1) is 0 Å². The summed E-state index contributed by atoms with van der Waals surface area (Å²) in [6.45, 7) is 4.10. The average Bonchev–Trinajstić information content (AvgIpc) is 4.16. The number of Topliss-reactive ketones (excluding diaryl/α,β-unsaturated/α-hetero) is 1. The predicted molar refractivity (Wildman–Crippen MR) is 232 cm³/mol. The SMILES string of the molecule is NCC1CC1.O=C(CCC1CC1)c1ccc2c(n1)N(C(=O)Nc1cc(Br)ccn1)[C@H]1CCN2C1.O=C(O)c1ccc2c(n1)N(C(=O)Nc1cc(Br)ccn1)[C@H]1CCN2C1. The first kappa shape index (κ1) is 40.6. The van der Waals surface area contributed by atoms with Gasteiger partial charge in [0.25, 0.3) is 0 Å². The molecule has 4 aliphatic heterocycles. The van der Waals surface area contributed by atoms with Crippen LogP contribution in [-0.4, -0.2) is 93.7 Å². The Morgan fingerprint density at radius 3 is 1.63 bits per heavy atom. The Kier molecular flexibility index (Phi) is 12.1. The van der Waals surface area contributed by atoms with Crippen LogP contribution in [0.3, 0.4) is 0 Å². The van der Waals surface area contributed by atoms with Crippen LogP contribution in [0.1, 0.15) is 72.3 Å². The van der Waals surface area contributed by atoms with E-state index in [-0.39, 0.29) is 35.6 Å². The van der Waals surface area contributed by atoms with Crippen LogP contribution in [0.5, 0.6) is 0 Å². The number of urea groups is 2. The second kappa shape index (κ2) is 17.6. The van der Waals surface area contributed by atoms with Gasteiger partial charge in [-0.2, -0.15) is 0 Å². The van der Waals surface area contributed by atoms with Gasteiger partial charge in [-0.25, -0.2) is 34.3 Å². The molecule has 2 aliphatic carbocycles. The van der Waals surface area contributed by atoms with Crippen molar-refractivity contribution >= 4 is 90.3 Å². The molecule has 4 aromatic rings. The molecule has 4 amide bonds. The average molecular weight is 932 g/mol. The molecule has 16 nitrogen and oxygen atoms in total. The van der Waals surface area contributed by atoms with Gasteiger partial charge in [-0.1, -0.05) is 44.7 Å². The minimum Gasteiger partial charge on any atom is -0.477 e. The van der Waals surface area contributed by atoms with Gasteiger partial charge in [-0.3, -0.25) is 25.2 Å². The number of carbonyl (C=O) groups is 4. The molecular formula is C41H45Br2N11O5. The van der Waals surface area contributed by atoms with Crippen molar-refractivity contribution in [2.75, 3.05) is 63.0 Å². The molecule has 2 saturated heterocycles. The van der Waals surface area contributed by atoms with E-state index in [1.165, 1.54) is 31.7 Å². The summed E-state index contributed by atoms with van der Waals surface area (Å²) in [6.07, 6.45) is 11.6. The first-order valence-corrected chi connectivity index (χ1v) is 21.5. The Morgan fingerprint density at radius 1 is 0.695 bits per heavy atom. The number of aromatic nitrogens is 4. The van der Waals surface area contributed by atoms with Crippen LogP contribution in [-0.2, 0) is 0 Å². The maximum Gasteiger partial charge on any atom is 0.354 e. The van der Waals surface area contributed by atoms with Crippen molar-refractivity contribution in [3.8, 4) is 0 Å². The van der Waals surface area contributed by atoms with Crippen molar-refractivity contribution in [3.05, 3.63) is 81.3 Å². The van der Waals surface area contributed by atoms with E-state index < -0.39 is 5.97 Å². The molecule has 6 aliphatic rings. The standard InChI is InChI=1S/C21H22BrN5O2.C16H14BrN5O3.C4H9N/c22-14-7-9-23-19(11-14)25-21(29)27-15-8-10-26(12-15)17-5-4-16(24-20(17)27)18(28)6-3-13-1-2-13;17-9-3-5-18-13(7-9)20-16(25)22-10-4-6-21(8-10)12-2-1-11(15(23)24)19-14(12)22;5-3-4-1-2-4/h4-5,7,9,11,13,15H,1-3,6,8,10,12H2,(H,23,25,29);1-3,5,7,10H,4,6,8H2,(H,23,24)(H,18,20,25);4H,1-3,5H2/t15-;10-;/m00./s1. The normalized spacial score (nSPS) is 19.4. The molecule has 0 unspecified atom stereocenters. The van der Waals surface area contributed by atoms with E-state index >= 15 is 0 Å². The highest BCUT2D eigenvalue weighted by Crippen LogP contribution is 2.41. The third-order valence-electron chi connectivity index (χ3n) is 11.3. The maximum atomic E-state index is 13.1.